The Morgan fingerprint density at radius 1 is 0.674 bits per heavy atom. The van der Waals surface area contributed by atoms with E-state index in [-0.39, 0.29) is 5.41 Å². The molecular weight excluding hydrogens is 597 g/mol. The van der Waals surface area contributed by atoms with Crippen LogP contribution in [0, 0.1) is 46.3 Å². The van der Waals surface area contributed by atoms with Gasteiger partial charge in [0.15, 0.2) is 33.3 Å². The molecule has 0 aromatic carbocycles. The number of hydrogen-bond donors (Lipinski definition) is 0. The summed E-state index contributed by atoms with van der Waals surface area (Å²) in [7, 11) is -6.52. The molecule has 0 heterocycles. The van der Waals surface area contributed by atoms with Gasteiger partial charge in [-0.1, -0.05) is 20.8 Å². The van der Waals surface area contributed by atoms with Crippen molar-refractivity contribution < 1.29 is 17.7 Å². The summed E-state index contributed by atoms with van der Waals surface area (Å²) in [4.78, 5) is 0. The molecule has 0 saturated heterocycles. The van der Waals surface area contributed by atoms with Gasteiger partial charge in [-0.25, -0.2) is 0 Å². The van der Waals surface area contributed by atoms with Crippen LogP contribution in [0.3, 0.4) is 0 Å². The summed E-state index contributed by atoms with van der Waals surface area (Å²) in [5, 5.41) is 0. The highest BCUT2D eigenvalue weighted by Gasteiger charge is 2.67. The van der Waals surface area contributed by atoms with E-state index in [2.05, 4.69) is 99.3 Å². The predicted molar refractivity (Wildman–Crippen MR) is 194 cm³/mol. The van der Waals surface area contributed by atoms with E-state index >= 15 is 0 Å². The molecule has 4 nitrogen and oxygen atoms in total. The highest BCUT2D eigenvalue weighted by atomic mass is 28.4. The van der Waals surface area contributed by atoms with Crippen molar-refractivity contribution in [3.05, 3.63) is 0 Å². The summed E-state index contributed by atoms with van der Waals surface area (Å²) < 4.78 is 27.9. The van der Waals surface area contributed by atoms with Gasteiger partial charge in [0, 0.05) is 18.8 Å². The first-order valence-corrected chi connectivity index (χ1v) is 31.7. The summed E-state index contributed by atoms with van der Waals surface area (Å²) in [6.45, 7) is 37.4. The van der Waals surface area contributed by atoms with E-state index in [0.717, 1.165) is 6.61 Å². The van der Waals surface area contributed by atoms with Gasteiger partial charge in [0.1, 0.15) is 0 Å². The van der Waals surface area contributed by atoms with Crippen LogP contribution in [0.5, 0.6) is 0 Å². The van der Waals surface area contributed by atoms with Crippen molar-refractivity contribution in [3.63, 3.8) is 0 Å². The van der Waals surface area contributed by atoms with Gasteiger partial charge in [0.25, 0.3) is 0 Å². The number of hydrogen-bond acceptors (Lipinski definition) is 4. The van der Waals surface area contributed by atoms with Crippen LogP contribution in [-0.4, -0.2) is 58.2 Å². The lowest BCUT2D eigenvalue weighted by Crippen LogP contribution is -2.64. The van der Waals surface area contributed by atoms with Crippen molar-refractivity contribution in [1.29, 1.82) is 0 Å². The third kappa shape index (κ3) is 8.41. The molecule has 0 aromatic rings. The van der Waals surface area contributed by atoms with Crippen molar-refractivity contribution in [1.82, 2.24) is 0 Å². The minimum Gasteiger partial charge on any atom is -0.418 e. The second-order valence-corrected chi connectivity index (χ2v) is 37.8. The fourth-order valence-electron chi connectivity index (χ4n) is 10.6. The first-order chi connectivity index (χ1) is 19.4. The van der Waals surface area contributed by atoms with E-state index in [1.165, 1.54) is 51.4 Å². The van der Waals surface area contributed by atoms with Crippen LogP contribution in [0.15, 0.2) is 0 Å². The summed E-state index contributed by atoms with van der Waals surface area (Å²) in [6.07, 6.45) is 11.3. The van der Waals surface area contributed by atoms with E-state index in [1.807, 2.05) is 0 Å². The zero-order chi connectivity index (χ0) is 32.4. The highest BCUT2D eigenvalue weighted by molar-refractivity contribution is 6.70. The molecule has 8 unspecified atom stereocenters. The van der Waals surface area contributed by atoms with Crippen LogP contribution in [-0.2, 0) is 17.7 Å². The molecule has 0 aliphatic heterocycles. The van der Waals surface area contributed by atoms with Crippen molar-refractivity contribution in [2.24, 2.45) is 46.3 Å². The maximum Gasteiger partial charge on any atom is 0.184 e. The van der Waals surface area contributed by atoms with E-state index in [1.54, 1.807) is 0 Å². The van der Waals surface area contributed by atoms with E-state index in [4.69, 9.17) is 17.7 Å². The Labute approximate surface area is 272 Å². The van der Waals surface area contributed by atoms with E-state index in [0.29, 0.717) is 59.2 Å². The molecule has 0 spiro atoms. The van der Waals surface area contributed by atoms with Gasteiger partial charge in [-0.3, -0.25) is 0 Å². The Morgan fingerprint density at radius 3 is 1.84 bits per heavy atom. The molecule has 0 bridgehead atoms. The molecule has 4 fully saturated rings. The first kappa shape index (κ1) is 36.5. The molecule has 8 heteroatoms. The van der Waals surface area contributed by atoms with Crippen LogP contribution in [0.1, 0.15) is 72.1 Å². The number of fused-ring (bicyclic) bond motifs is 5. The predicted octanol–water partition coefficient (Wildman–Crippen LogP) is 10.4. The largest absolute Gasteiger partial charge is 0.418 e. The fraction of sp³-hybridized carbons (Fsp3) is 1.00. The Bertz CT molecular complexity index is 949. The molecule has 43 heavy (non-hydrogen) atoms. The lowest BCUT2D eigenvalue weighted by Gasteiger charge is -2.66. The zero-order valence-corrected chi connectivity index (χ0v) is 35.2. The maximum atomic E-state index is 7.39. The van der Waals surface area contributed by atoms with Crippen LogP contribution in [0.25, 0.3) is 0 Å². The van der Waals surface area contributed by atoms with Crippen molar-refractivity contribution >= 4 is 33.3 Å². The van der Waals surface area contributed by atoms with Crippen LogP contribution < -0.4 is 0 Å². The minimum atomic E-state index is -1.74. The Hall–Kier alpha value is 0.708. The van der Waals surface area contributed by atoms with Crippen molar-refractivity contribution in [3.8, 4) is 0 Å². The van der Waals surface area contributed by atoms with Crippen molar-refractivity contribution in [2.45, 2.75) is 169 Å². The molecular formula is C35H72O4Si4. The van der Waals surface area contributed by atoms with Gasteiger partial charge in [0.05, 0.1) is 6.10 Å². The average Bonchev–Trinajstić information content (AvgIpc) is 3.15. The molecule has 11 atom stereocenters. The second kappa shape index (κ2) is 12.6. The quantitative estimate of drug-likeness (QED) is 0.205. The summed E-state index contributed by atoms with van der Waals surface area (Å²) in [6, 6.07) is 0. The molecule has 0 radical (unpaired) electrons. The standard InChI is InChI=1S/C35H72O4Si4/c1-25(19-21-36-40(4,5)6)28-16-17-29-33-30(24-32(35(28,29)3)39-43(13,14)15)34(2)20-18-27(37-41(7,8)9)22-26(34)23-31(33)38-42(10,11)12/h25-33H,16-24H2,1-15H3/t25?,26-,27+,28?,29?,30?,31?,32-,33?,34?,35?/m0/s1. The SMILES string of the molecule is CC(CCO[Si](C)(C)C)C1CCC2C3C(O[Si](C)(C)C)C[C@@H]4C[C@H](O[Si](C)(C)C)CCC4(C)C3C[C@H](O[Si](C)(C)C)C12C. The zero-order valence-electron chi connectivity index (χ0n) is 31.2. The normalized spacial score (nSPS) is 41.4. The second-order valence-electron chi connectivity index (χ2n) is 19.9. The smallest absolute Gasteiger partial charge is 0.184 e. The molecule has 0 aromatic heterocycles. The Balaban J connectivity index is 1.70. The third-order valence-electron chi connectivity index (χ3n) is 12.1. The molecule has 4 aliphatic rings. The van der Waals surface area contributed by atoms with Gasteiger partial charge in [-0.05, 0) is 176 Å². The third-order valence-corrected chi connectivity index (χ3v) is 16.2. The topological polar surface area (TPSA) is 36.9 Å². The monoisotopic (exact) mass is 668 g/mol. The van der Waals surface area contributed by atoms with E-state index in [9.17, 15) is 0 Å². The number of rotatable bonds is 11. The maximum absolute atomic E-state index is 7.39. The lowest BCUT2D eigenvalue weighted by atomic mass is 9.43. The fourth-order valence-corrected chi connectivity index (χ4v) is 14.9. The Morgan fingerprint density at radius 2 is 1.28 bits per heavy atom. The van der Waals surface area contributed by atoms with Crippen LogP contribution in [0.2, 0.25) is 78.6 Å². The molecule has 0 N–H and O–H groups in total. The summed E-state index contributed by atoms with van der Waals surface area (Å²) in [5.74, 6) is 4.08. The molecule has 4 aliphatic carbocycles. The molecule has 4 saturated carbocycles. The average molecular weight is 669 g/mol. The molecule has 252 valence electrons. The van der Waals surface area contributed by atoms with Gasteiger partial charge >= 0.3 is 0 Å². The Kier molecular flexibility index (Phi) is 10.7. The van der Waals surface area contributed by atoms with Gasteiger partial charge < -0.3 is 17.7 Å². The van der Waals surface area contributed by atoms with Crippen LogP contribution in [0.4, 0.5) is 0 Å². The summed E-state index contributed by atoms with van der Waals surface area (Å²) in [5.41, 5.74) is 0.572. The van der Waals surface area contributed by atoms with Gasteiger partial charge in [-0.2, -0.15) is 0 Å². The van der Waals surface area contributed by atoms with Gasteiger partial charge in [0.2, 0.25) is 0 Å². The first-order valence-electron chi connectivity index (χ1n) is 18.1. The van der Waals surface area contributed by atoms with Crippen molar-refractivity contribution in [2.75, 3.05) is 6.61 Å². The molecule has 4 rings (SSSR count). The van der Waals surface area contributed by atoms with Crippen LogP contribution >= 0.6 is 0 Å². The lowest BCUT2D eigenvalue weighted by molar-refractivity contribution is -0.199. The highest BCUT2D eigenvalue weighted by Crippen LogP contribution is 2.69. The molecule has 0 amide bonds. The van der Waals surface area contributed by atoms with Gasteiger partial charge in [-0.15, -0.1) is 0 Å². The van der Waals surface area contributed by atoms with E-state index < -0.39 is 33.3 Å². The minimum absolute atomic E-state index is 0.211. The summed E-state index contributed by atoms with van der Waals surface area (Å²) >= 11 is 0.